The van der Waals surface area contributed by atoms with Crippen molar-refractivity contribution in [2.24, 2.45) is 0 Å². The second-order valence-electron chi connectivity index (χ2n) is 12.9. The van der Waals surface area contributed by atoms with Gasteiger partial charge in [-0.15, -0.1) is 0 Å². The minimum absolute atomic E-state index is 0.0547. The summed E-state index contributed by atoms with van der Waals surface area (Å²) in [7, 11) is 0. The summed E-state index contributed by atoms with van der Waals surface area (Å²) in [6.07, 6.45) is 1.73. The molecule has 2 aliphatic heterocycles. The monoisotopic (exact) mass is 606 g/mol. The molecule has 0 bridgehead atoms. The van der Waals surface area contributed by atoms with E-state index in [2.05, 4.69) is 28.4 Å². The summed E-state index contributed by atoms with van der Waals surface area (Å²) < 4.78 is 5.63. The van der Waals surface area contributed by atoms with Crippen LogP contribution in [0, 0.1) is 0 Å². The minimum atomic E-state index is -0.528. The lowest BCUT2D eigenvalue weighted by Gasteiger charge is -2.27. The summed E-state index contributed by atoms with van der Waals surface area (Å²) in [5.41, 5.74) is 3.59. The number of fused-ring (bicyclic) bond motifs is 1. The maximum Gasteiger partial charge on any atom is 0.410 e. The molecule has 3 heterocycles. The second kappa shape index (κ2) is 13.1. The minimum Gasteiger partial charge on any atom is -0.444 e. The van der Waals surface area contributed by atoms with Crippen molar-refractivity contribution < 1.29 is 14.3 Å². The first-order valence-electron chi connectivity index (χ1n) is 15.9. The number of nitrogens with zero attached hydrogens (tertiary/aromatic N) is 5. The number of likely N-dealkylation sites (tertiary alicyclic amines) is 1. The summed E-state index contributed by atoms with van der Waals surface area (Å²) in [4.78, 5) is 42.0. The number of carbonyl (C=O) groups excluding carboxylic acids is 2. The smallest absolute Gasteiger partial charge is 0.410 e. The van der Waals surface area contributed by atoms with E-state index in [0.29, 0.717) is 45.1 Å². The van der Waals surface area contributed by atoms with Gasteiger partial charge in [-0.1, -0.05) is 66.7 Å². The maximum atomic E-state index is 13.4. The summed E-state index contributed by atoms with van der Waals surface area (Å²) >= 11 is 0. The number of nitrogens with one attached hydrogen (secondary N) is 1. The van der Waals surface area contributed by atoms with Crippen LogP contribution in [0.15, 0.2) is 78.9 Å². The number of benzene rings is 3. The Bertz CT molecular complexity index is 1650. The van der Waals surface area contributed by atoms with Crippen LogP contribution < -0.4 is 10.2 Å². The Morgan fingerprint density at radius 2 is 1.60 bits per heavy atom. The van der Waals surface area contributed by atoms with Crippen LogP contribution in [0.1, 0.15) is 39.2 Å². The molecule has 1 unspecified atom stereocenters. The van der Waals surface area contributed by atoms with Gasteiger partial charge in [-0.2, -0.15) is 4.98 Å². The standard InChI is InChI=1S/C36H42N6O3/c1-36(2,3)45-35(44)41-20-11-19-40(22-23-41)33-30-16-9-10-17-31(30)38-34(39-33)37-28-18-21-42(25-28)32(43)24-27-14-7-8-15-29(27)26-12-5-4-6-13-26/h4-10,12-17,28H,11,18-25H2,1-3H3,(H,37,38,39). The van der Waals surface area contributed by atoms with E-state index in [1.165, 1.54) is 0 Å². The summed E-state index contributed by atoms with van der Waals surface area (Å²) in [6, 6.07) is 26.5. The molecule has 234 valence electrons. The van der Waals surface area contributed by atoms with Crippen molar-refractivity contribution in [1.82, 2.24) is 19.8 Å². The van der Waals surface area contributed by atoms with E-state index in [1.54, 1.807) is 4.90 Å². The number of hydrogen-bond acceptors (Lipinski definition) is 7. The Kier molecular flexibility index (Phi) is 8.87. The molecule has 3 aromatic carbocycles. The van der Waals surface area contributed by atoms with Crippen LogP contribution in [0.2, 0.25) is 0 Å². The first kappa shape index (κ1) is 30.4. The zero-order valence-corrected chi connectivity index (χ0v) is 26.4. The van der Waals surface area contributed by atoms with Gasteiger partial charge in [0.2, 0.25) is 11.9 Å². The Morgan fingerprint density at radius 3 is 2.42 bits per heavy atom. The Morgan fingerprint density at radius 1 is 0.844 bits per heavy atom. The number of hydrogen-bond donors (Lipinski definition) is 1. The van der Waals surface area contributed by atoms with E-state index >= 15 is 0 Å². The van der Waals surface area contributed by atoms with Gasteiger partial charge in [0.05, 0.1) is 11.9 Å². The molecule has 0 saturated carbocycles. The number of amides is 2. The average molecular weight is 607 g/mol. The molecule has 2 fully saturated rings. The number of carbonyl (C=O) groups is 2. The lowest BCUT2D eigenvalue weighted by molar-refractivity contribution is -0.129. The fraction of sp³-hybridized carbons (Fsp3) is 0.389. The Balaban J connectivity index is 1.13. The number of para-hydroxylation sites is 1. The molecule has 45 heavy (non-hydrogen) atoms. The van der Waals surface area contributed by atoms with Crippen molar-refractivity contribution in [1.29, 1.82) is 0 Å². The molecule has 9 nitrogen and oxygen atoms in total. The predicted molar refractivity (Wildman–Crippen MR) is 178 cm³/mol. The Hall–Kier alpha value is -4.66. The van der Waals surface area contributed by atoms with Crippen LogP contribution >= 0.6 is 0 Å². The van der Waals surface area contributed by atoms with E-state index in [0.717, 1.165) is 52.8 Å². The quantitative estimate of drug-likeness (QED) is 0.288. The highest BCUT2D eigenvalue weighted by Gasteiger charge is 2.29. The van der Waals surface area contributed by atoms with Crippen molar-refractivity contribution in [3.8, 4) is 11.1 Å². The molecule has 2 amide bonds. The molecule has 2 saturated heterocycles. The van der Waals surface area contributed by atoms with E-state index in [9.17, 15) is 9.59 Å². The van der Waals surface area contributed by atoms with Gasteiger partial charge in [0, 0.05) is 50.7 Å². The first-order valence-corrected chi connectivity index (χ1v) is 15.9. The van der Waals surface area contributed by atoms with Gasteiger partial charge in [0.1, 0.15) is 11.4 Å². The lowest BCUT2D eigenvalue weighted by atomic mass is 9.97. The number of ether oxygens (including phenoxy) is 1. The van der Waals surface area contributed by atoms with Gasteiger partial charge in [0.15, 0.2) is 0 Å². The molecule has 2 aliphatic rings. The van der Waals surface area contributed by atoms with Crippen molar-refractivity contribution in [2.45, 2.75) is 51.7 Å². The van der Waals surface area contributed by atoms with Gasteiger partial charge in [-0.3, -0.25) is 4.79 Å². The maximum absolute atomic E-state index is 13.4. The van der Waals surface area contributed by atoms with Crippen LogP contribution in [0.25, 0.3) is 22.0 Å². The van der Waals surface area contributed by atoms with E-state index in [1.807, 2.05) is 86.3 Å². The molecule has 4 aromatic rings. The van der Waals surface area contributed by atoms with Crippen LogP contribution in [0.3, 0.4) is 0 Å². The highest BCUT2D eigenvalue weighted by atomic mass is 16.6. The van der Waals surface area contributed by atoms with Gasteiger partial charge in [0.25, 0.3) is 0 Å². The number of aromatic nitrogens is 2. The van der Waals surface area contributed by atoms with Crippen molar-refractivity contribution in [3.63, 3.8) is 0 Å². The van der Waals surface area contributed by atoms with Crippen molar-refractivity contribution >= 4 is 34.7 Å². The predicted octanol–water partition coefficient (Wildman–Crippen LogP) is 6.00. The average Bonchev–Trinajstić information content (AvgIpc) is 3.35. The van der Waals surface area contributed by atoms with E-state index in [4.69, 9.17) is 14.7 Å². The van der Waals surface area contributed by atoms with E-state index in [-0.39, 0.29) is 18.0 Å². The molecule has 1 atom stereocenters. The number of anilines is 2. The summed E-state index contributed by atoms with van der Waals surface area (Å²) in [5, 5.41) is 4.52. The van der Waals surface area contributed by atoms with Gasteiger partial charge in [-0.05, 0) is 62.4 Å². The number of rotatable bonds is 6. The van der Waals surface area contributed by atoms with Gasteiger partial charge >= 0.3 is 6.09 Å². The molecular formula is C36H42N6O3. The topological polar surface area (TPSA) is 90.9 Å². The fourth-order valence-electron chi connectivity index (χ4n) is 6.14. The zero-order valence-electron chi connectivity index (χ0n) is 26.4. The van der Waals surface area contributed by atoms with Gasteiger partial charge < -0.3 is 24.8 Å². The van der Waals surface area contributed by atoms with Gasteiger partial charge in [-0.25, -0.2) is 9.78 Å². The van der Waals surface area contributed by atoms with E-state index < -0.39 is 5.60 Å². The molecular weight excluding hydrogens is 564 g/mol. The molecule has 0 aliphatic carbocycles. The molecule has 1 N–H and O–H groups in total. The van der Waals surface area contributed by atoms with Crippen LogP contribution in [-0.4, -0.2) is 82.7 Å². The summed E-state index contributed by atoms with van der Waals surface area (Å²) in [6.45, 7) is 9.59. The first-order chi connectivity index (χ1) is 21.7. The SMILES string of the molecule is CC(C)(C)OC(=O)N1CCCN(c2nc(NC3CCN(C(=O)Cc4ccccc4-c4ccccc4)C3)nc3ccccc23)CC1. The lowest BCUT2D eigenvalue weighted by Crippen LogP contribution is -2.39. The molecule has 6 rings (SSSR count). The third-order valence-corrected chi connectivity index (χ3v) is 8.35. The zero-order chi connectivity index (χ0) is 31.4. The molecule has 0 spiro atoms. The van der Waals surface area contributed by atoms with Crippen molar-refractivity contribution in [2.75, 3.05) is 49.5 Å². The van der Waals surface area contributed by atoms with Crippen LogP contribution in [0.4, 0.5) is 16.6 Å². The van der Waals surface area contributed by atoms with Crippen molar-refractivity contribution in [3.05, 3.63) is 84.4 Å². The Labute approximate surface area is 265 Å². The normalized spacial score (nSPS) is 17.3. The fourth-order valence-corrected chi connectivity index (χ4v) is 6.14. The van der Waals surface area contributed by atoms with Crippen LogP contribution in [0.5, 0.6) is 0 Å². The summed E-state index contributed by atoms with van der Waals surface area (Å²) in [5.74, 6) is 1.55. The third kappa shape index (κ3) is 7.36. The molecule has 1 aromatic heterocycles. The van der Waals surface area contributed by atoms with Crippen LogP contribution in [-0.2, 0) is 16.0 Å². The third-order valence-electron chi connectivity index (χ3n) is 8.35. The molecule has 0 radical (unpaired) electrons. The second-order valence-corrected chi connectivity index (χ2v) is 12.9. The highest BCUT2D eigenvalue weighted by Crippen LogP contribution is 2.28. The molecule has 9 heteroatoms. The largest absolute Gasteiger partial charge is 0.444 e. The highest BCUT2D eigenvalue weighted by molar-refractivity contribution is 5.90.